The first-order valence-electron chi connectivity index (χ1n) is 6.45. The van der Waals surface area contributed by atoms with Gasteiger partial charge in [-0.2, -0.15) is 0 Å². The van der Waals surface area contributed by atoms with Crippen molar-refractivity contribution in [3.05, 3.63) is 30.3 Å². The fraction of sp³-hybridized carbons (Fsp3) is 0.600. The quantitative estimate of drug-likeness (QED) is 0.765. The number of benzene rings is 1. The molecule has 0 N–H and O–H groups in total. The molecule has 1 aliphatic heterocycles. The lowest BCUT2D eigenvalue weighted by Crippen LogP contribution is -2.59. The van der Waals surface area contributed by atoms with Crippen molar-refractivity contribution in [1.29, 1.82) is 0 Å². The summed E-state index contributed by atoms with van der Waals surface area (Å²) in [5.74, 6) is 0.926. The van der Waals surface area contributed by atoms with Gasteiger partial charge in [0.15, 0.2) is 0 Å². The SMILES string of the molecule is CC1(C)CCCC(C)(C)N1Oc1ccccc1. The molecule has 1 aromatic carbocycles. The average molecular weight is 233 g/mol. The number of para-hydroxylation sites is 1. The second kappa shape index (κ2) is 4.34. The van der Waals surface area contributed by atoms with Crippen molar-refractivity contribution in [3.8, 4) is 5.75 Å². The minimum Gasteiger partial charge on any atom is -0.405 e. The molecule has 0 aliphatic carbocycles. The van der Waals surface area contributed by atoms with Gasteiger partial charge in [0.25, 0.3) is 0 Å². The van der Waals surface area contributed by atoms with E-state index in [1.165, 1.54) is 19.3 Å². The molecule has 1 heterocycles. The van der Waals surface area contributed by atoms with E-state index in [2.05, 4.69) is 32.8 Å². The van der Waals surface area contributed by atoms with Gasteiger partial charge in [0, 0.05) is 0 Å². The Morgan fingerprint density at radius 2 is 1.47 bits per heavy atom. The molecule has 0 amide bonds. The predicted octanol–water partition coefficient (Wildman–Crippen LogP) is 4.02. The predicted molar refractivity (Wildman–Crippen MR) is 70.9 cm³/mol. The summed E-state index contributed by atoms with van der Waals surface area (Å²) >= 11 is 0. The van der Waals surface area contributed by atoms with Crippen molar-refractivity contribution in [3.63, 3.8) is 0 Å². The molecule has 1 fully saturated rings. The molecular formula is C15H23NO. The number of hydroxylamine groups is 2. The summed E-state index contributed by atoms with van der Waals surface area (Å²) in [7, 11) is 0. The lowest BCUT2D eigenvalue weighted by molar-refractivity contribution is -0.216. The van der Waals surface area contributed by atoms with Gasteiger partial charge in [0.1, 0.15) is 5.75 Å². The molecular weight excluding hydrogens is 210 g/mol. The third kappa shape index (κ3) is 2.63. The van der Waals surface area contributed by atoms with Gasteiger partial charge in [-0.1, -0.05) is 18.2 Å². The summed E-state index contributed by atoms with van der Waals surface area (Å²) in [6.45, 7) is 9.04. The molecule has 0 radical (unpaired) electrons. The molecule has 1 aromatic rings. The third-order valence-electron chi connectivity index (χ3n) is 3.62. The van der Waals surface area contributed by atoms with Crippen LogP contribution >= 0.6 is 0 Å². The molecule has 0 bridgehead atoms. The van der Waals surface area contributed by atoms with Crippen molar-refractivity contribution in [2.24, 2.45) is 0 Å². The Bertz CT molecular complexity index is 354. The Kier molecular flexibility index (Phi) is 3.17. The van der Waals surface area contributed by atoms with Gasteiger partial charge in [-0.15, -0.1) is 5.06 Å². The van der Waals surface area contributed by atoms with Crippen LogP contribution in [0.3, 0.4) is 0 Å². The highest BCUT2D eigenvalue weighted by Crippen LogP contribution is 2.38. The normalized spacial score (nSPS) is 23.3. The minimum absolute atomic E-state index is 0.0948. The molecule has 1 saturated heterocycles. The molecule has 0 unspecified atom stereocenters. The van der Waals surface area contributed by atoms with Crippen molar-refractivity contribution >= 4 is 0 Å². The van der Waals surface area contributed by atoms with Gasteiger partial charge in [0.2, 0.25) is 0 Å². The monoisotopic (exact) mass is 233 g/mol. The van der Waals surface area contributed by atoms with Gasteiger partial charge in [-0.05, 0) is 59.1 Å². The van der Waals surface area contributed by atoms with Crippen molar-refractivity contribution in [2.75, 3.05) is 0 Å². The van der Waals surface area contributed by atoms with E-state index in [4.69, 9.17) is 4.84 Å². The van der Waals surface area contributed by atoms with Crippen molar-refractivity contribution < 1.29 is 4.84 Å². The number of piperidine rings is 1. The molecule has 2 nitrogen and oxygen atoms in total. The maximum Gasteiger partial charge on any atom is 0.147 e. The maximum absolute atomic E-state index is 6.12. The summed E-state index contributed by atoms with van der Waals surface area (Å²) in [4.78, 5) is 6.12. The Morgan fingerprint density at radius 1 is 0.941 bits per heavy atom. The van der Waals surface area contributed by atoms with E-state index in [0.717, 1.165) is 5.75 Å². The molecule has 0 aromatic heterocycles. The largest absolute Gasteiger partial charge is 0.405 e. The van der Waals surface area contributed by atoms with E-state index in [0.29, 0.717) is 0 Å². The van der Waals surface area contributed by atoms with Crippen molar-refractivity contribution in [2.45, 2.75) is 58.0 Å². The zero-order valence-electron chi connectivity index (χ0n) is 11.4. The summed E-state index contributed by atoms with van der Waals surface area (Å²) in [5, 5.41) is 2.18. The number of rotatable bonds is 2. The highest BCUT2D eigenvalue weighted by molar-refractivity contribution is 5.21. The van der Waals surface area contributed by atoms with Crippen LogP contribution in [0.1, 0.15) is 47.0 Å². The van der Waals surface area contributed by atoms with Crippen LogP contribution in [0, 0.1) is 0 Å². The fourth-order valence-corrected chi connectivity index (χ4v) is 2.81. The van der Waals surface area contributed by atoms with Crippen LogP contribution in [-0.4, -0.2) is 16.1 Å². The smallest absolute Gasteiger partial charge is 0.147 e. The second-order valence-electron chi connectivity index (χ2n) is 6.18. The van der Waals surface area contributed by atoms with Gasteiger partial charge >= 0.3 is 0 Å². The van der Waals surface area contributed by atoms with Gasteiger partial charge in [0.05, 0.1) is 11.1 Å². The number of nitrogens with zero attached hydrogens (tertiary/aromatic N) is 1. The Morgan fingerprint density at radius 3 is 2.00 bits per heavy atom. The van der Waals surface area contributed by atoms with Crippen molar-refractivity contribution in [1.82, 2.24) is 5.06 Å². The molecule has 94 valence electrons. The van der Waals surface area contributed by atoms with Crippen LogP contribution in [0.5, 0.6) is 5.75 Å². The Balaban J connectivity index is 2.21. The average Bonchev–Trinajstić information content (AvgIpc) is 2.25. The molecule has 17 heavy (non-hydrogen) atoms. The molecule has 0 atom stereocenters. The first kappa shape index (κ1) is 12.4. The Labute approximate surface area is 105 Å². The molecule has 2 heteroatoms. The number of hydrogen-bond donors (Lipinski definition) is 0. The zero-order valence-corrected chi connectivity index (χ0v) is 11.4. The third-order valence-corrected chi connectivity index (χ3v) is 3.62. The van der Waals surface area contributed by atoms with Crippen LogP contribution in [0.15, 0.2) is 30.3 Å². The summed E-state index contributed by atoms with van der Waals surface area (Å²) in [6.07, 6.45) is 3.64. The summed E-state index contributed by atoms with van der Waals surface area (Å²) in [6, 6.07) is 10.1. The van der Waals surface area contributed by atoms with Gasteiger partial charge in [-0.25, -0.2) is 0 Å². The van der Waals surface area contributed by atoms with Crippen LogP contribution < -0.4 is 4.84 Å². The van der Waals surface area contributed by atoms with E-state index >= 15 is 0 Å². The highest BCUT2D eigenvalue weighted by Gasteiger charge is 2.43. The highest BCUT2D eigenvalue weighted by atomic mass is 16.7. The van der Waals surface area contributed by atoms with Crippen LogP contribution in [0.25, 0.3) is 0 Å². The molecule has 1 aliphatic rings. The van der Waals surface area contributed by atoms with Crippen LogP contribution in [0.2, 0.25) is 0 Å². The topological polar surface area (TPSA) is 12.5 Å². The van der Waals surface area contributed by atoms with E-state index in [1.807, 2.05) is 30.3 Å². The lowest BCUT2D eigenvalue weighted by Gasteiger charge is -2.50. The van der Waals surface area contributed by atoms with Gasteiger partial charge < -0.3 is 4.84 Å². The summed E-state index contributed by atoms with van der Waals surface area (Å²) < 4.78 is 0. The molecule has 0 spiro atoms. The van der Waals surface area contributed by atoms with Gasteiger partial charge in [-0.3, -0.25) is 0 Å². The van der Waals surface area contributed by atoms with Crippen LogP contribution in [0.4, 0.5) is 0 Å². The first-order valence-corrected chi connectivity index (χ1v) is 6.45. The molecule has 0 saturated carbocycles. The molecule has 2 rings (SSSR count). The zero-order chi connectivity index (χ0) is 12.5. The van der Waals surface area contributed by atoms with E-state index < -0.39 is 0 Å². The lowest BCUT2D eigenvalue weighted by atomic mass is 9.82. The van der Waals surface area contributed by atoms with E-state index in [9.17, 15) is 0 Å². The summed E-state index contributed by atoms with van der Waals surface area (Å²) in [5.41, 5.74) is 0.190. The van der Waals surface area contributed by atoms with Crippen LogP contribution in [-0.2, 0) is 0 Å². The minimum atomic E-state index is 0.0948. The Hall–Kier alpha value is -1.02. The standard InChI is InChI=1S/C15H23NO/c1-14(2)11-8-12-15(3,4)16(14)17-13-9-6-5-7-10-13/h5-7,9-10H,8,11-12H2,1-4H3. The van der Waals surface area contributed by atoms with E-state index in [-0.39, 0.29) is 11.1 Å². The second-order valence-corrected chi connectivity index (χ2v) is 6.18. The van der Waals surface area contributed by atoms with E-state index in [1.54, 1.807) is 0 Å². The first-order chi connectivity index (χ1) is 7.92. The number of hydrogen-bond acceptors (Lipinski definition) is 2. The fourth-order valence-electron chi connectivity index (χ4n) is 2.81. The maximum atomic E-state index is 6.12.